The van der Waals surface area contributed by atoms with Crippen molar-refractivity contribution in [2.75, 3.05) is 51.8 Å². The molecule has 0 N–H and O–H groups in total. The Bertz CT molecular complexity index is 811. The summed E-state index contributed by atoms with van der Waals surface area (Å²) in [7, 11) is 6.14. The SMILES string of the molecule is CCOc1ccc(SN(C)c2ccc(OCC(=O)N3CCC(N(C)C)C3)cc2)cc1. The van der Waals surface area contributed by atoms with E-state index in [-0.39, 0.29) is 12.5 Å². The maximum atomic E-state index is 12.4. The monoisotopic (exact) mass is 429 g/mol. The maximum absolute atomic E-state index is 12.4. The van der Waals surface area contributed by atoms with Gasteiger partial charge >= 0.3 is 0 Å². The number of likely N-dealkylation sites (N-methyl/N-ethyl adjacent to an activating group) is 1. The Morgan fingerprint density at radius 1 is 1.03 bits per heavy atom. The molecule has 3 rings (SSSR count). The zero-order valence-corrected chi connectivity index (χ0v) is 19.0. The van der Waals surface area contributed by atoms with Gasteiger partial charge in [0.05, 0.1) is 6.61 Å². The number of carbonyl (C=O) groups is 1. The van der Waals surface area contributed by atoms with Crippen molar-refractivity contribution in [2.24, 2.45) is 0 Å². The fraction of sp³-hybridized carbons (Fsp3) is 0.435. The Morgan fingerprint density at radius 2 is 1.67 bits per heavy atom. The molecule has 2 aromatic carbocycles. The summed E-state index contributed by atoms with van der Waals surface area (Å²) >= 11 is 1.64. The van der Waals surface area contributed by atoms with Crippen LogP contribution in [0.5, 0.6) is 11.5 Å². The molecule has 0 saturated carbocycles. The van der Waals surface area contributed by atoms with E-state index in [9.17, 15) is 4.79 Å². The van der Waals surface area contributed by atoms with Gasteiger partial charge in [-0.25, -0.2) is 0 Å². The highest BCUT2D eigenvalue weighted by Crippen LogP contribution is 2.29. The van der Waals surface area contributed by atoms with E-state index in [2.05, 4.69) is 35.4 Å². The Labute approximate surface area is 183 Å². The van der Waals surface area contributed by atoms with Crippen molar-refractivity contribution >= 4 is 23.5 Å². The Kier molecular flexibility index (Phi) is 7.87. The first-order valence-electron chi connectivity index (χ1n) is 10.3. The fourth-order valence-corrected chi connectivity index (χ4v) is 4.15. The summed E-state index contributed by atoms with van der Waals surface area (Å²) in [6, 6.07) is 16.3. The van der Waals surface area contributed by atoms with Gasteiger partial charge in [-0.3, -0.25) is 4.79 Å². The predicted molar refractivity (Wildman–Crippen MR) is 122 cm³/mol. The van der Waals surface area contributed by atoms with E-state index in [1.165, 1.54) is 0 Å². The number of ether oxygens (including phenoxy) is 2. The second-order valence-electron chi connectivity index (χ2n) is 7.52. The lowest BCUT2D eigenvalue weighted by Crippen LogP contribution is -2.36. The van der Waals surface area contributed by atoms with E-state index < -0.39 is 0 Å². The quantitative estimate of drug-likeness (QED) is 0.566. The first-order valence-corrected chi connectivity index (χ1v) is 11.0. The predicted octanol–water partition coefficient (Wildman–Crippen LogP) is 3.77. The molecular formula is C23H31N3O3S. The first-order chi connectivity index (χ1) is 14.5. The molecule has 7 heteroatoms. The molecule has 30 heavy (non-hydrogen) atoms. The van der Waals surface area contributed by atoms with Crippen LogP contribution < -0.4 is 13.8 Å². The van der Waals surface area contributed by atoms with Gasteiger partial charge in [-0.1, -0.05) is 0 Å². The second-order valence-corrected chi connectivity index (χ2v) is 8.72. The van der Waals surface area contributed by atoms with Crippen LogP contribution in [0.2, 0.25) is 0 Å². The van der Waals surface area contributed by atoms with Gasteiger partial charge in [0.1, 0.15) is 11.5 Å². The molecule has 1 amide bonds. The molecule has 1 aliphatic rings. The van der Waals surface area contributed by atoms with Gasteiger partial charge in [0, 0.05) is 36.8 Å². The number of carbonyl (C=O) groups excluding carboxylic acids is 1. The maximum Gasteiger partial charge on any atom is 0.260 e. The number of nitrogens with zero attached hydrogens (tertiary/aromatic N) is 3. The topological polar surface area (TPSA) is 45.3 Å². The van der Waals surface area contributed by atoms with Crippen molar-refractivity contribution in [1.82, 2.24) is 9.80 Å². The van der Waals surface area contributed by atoms with Gasteiger partial charge in [-0.15, -0.1) is 0 Å². The van der Waals surface area contributed by atoms with Crippen LogP contribution in [0, 0.1) is 0 Å². The molecule has 2 aromatic rings. The molecule has 0 radical (unpaired) electrons. The average molecular weight is 430 g/mol. The van der Waals surface area contributed by atoms with E-state index in [4.69, 9.17) is 9.47 Å². The van der Waals surface area contributed by atoms with E-state index >= 15 is 0 Å². The smallest absolute Gasteiger partial charge is 0.260 e. The molecule has 1 aliphatic heterocycles. The number of amides is 1. The van der Waals surface area contributed by atoms with Crippen molar-refractivity contribution < 1.29 is 14.3 Å². The fourth-order valence-electron chi connectivity index (χ4n) is 3.35. The van der Waals surface area contributed by atoms with Crippen LogP contribution in [0.15, 0.2) is 53.4 Å². The second kappa shape index (κ2) is 10.6. The minimum absolute atomic E-state index is 0.0478. The van der Waals surface area contributed by atoms with Gasteiger partial charge in [0.25, 0.3) is 5.91 Å². The molecule has 0 spiro atoms. The molecule has 1 unspecified atom stereocenters. The number of benzene rings is 2. The standard InChI is InChI=1S/C23H31N3O3S/c1-5-28-20-10-12-22(13-11-20)30-25(4)18-6-8-21(9-7-18)29-17-23(27)26-15-14-19(16-26)24(2)3/h6-13,19H,5,14-17H2,1-4H3. The molecule has 0 aromatic heterocycles. The number of hydrogen-bond acceptors (Lipinski definition) is 6. The highest BCUT2D eigenvalue weighted by Gasteiger charge is 2.27. The molecule has 1 heterocycles. The number of hydrogen-bond donors (Lipinski definition) is 0. The van der Waals surface area contributed by atoms with Crippen LogP contribution in [-0.2, 0) is 4.79 Å². The van der Waals surface area contributed by atoms with Crippen molar-refractivity contribution in [3.8, 4) is 11.5 Å². The first kappa shape index (κ1) is 22.3. The van der Waals surface area contributed by atoms with Gasteiger partial charge < -0.3 is 23.6 Å². The average Bonchev–Trinajstić information content (AvgIpc) is 3.25. The minimum atomic E-state index is 0.0478. The Morgan fingerprint density at radius 3 is 2.27 bits per heavy atom. The lowest BCUT2D eigenvalue weighted by atomic mass is 10.2. The molecule has 6 nitrogen and oxygen atoms in total. The third-order valence-electron chi connectivity index (χ3n) is 5.19. The van der Waals surface area contributed by atoms with Crippen LogP contribution in [0.1, 0.15) is 13.3 Å². The van der Waals surface area contributed by atoms with Gasteiger partial charge in [0.15, 0.2) is 6.61 Å². The third kappa shape index (κ3) is 6.06. The summed E-state index contributed by atoms with van der Waals surface area (Å²) in [5, 5.41) is 0. The third-order valence-corrected chi connectivity index (χ3v) is 6.15. The molecular weight excluding hydrogens is 398 g/mol. The summed E-state index contributed by atoms with van der Waals surface area (Å²) in [6.45, 7) is 4.31. The summed E-state index contributed by atoms with van der Waals surface area (Å²) < 4.78 is 13.3. The van der Waals surface area contributed by atoms with Crippen LogP contribution in [0.4, 0.5) is 5.69 Å². The Balaban J connectivity index is 1.47. The van der Waals surface area contributed by atoms with Crippen LogP contribution in [-0.4, -0.2) is 69.2 Å². The molecule has 1 atom stereocenters. The molecule has 0 aliphatic carbocycles. The van der Waals surface area contributed by atoms with Crippen LogP contribution in [0.3, 0.4) is 0 Å². The van der Waals surface area contributed by atoms with Gasteiger partial charge in [0.2, 0.25) is 0 Å². The molecule has 0 bridgehead atoms. The normalized spacial score (nSPS) is 16.0. The highest BCUT2D eigenvalue weighted by molar-refractivity contribution is 8.00. The van der Waals surface area contributed by atoms with E-state index in [1.807, 2.05) is 55.3 Å². The van der Waals surface area contributed by atoms with Crippen molar-refractivity contribution in [1.29, 1.82) is 0 Å². The largest absolute Gasteiger partial charge is 0.494 e. The van der Waals surface area contributed by atoms with E-state index in [0.29, 0.717) is 18.4 Å². The van der Waals surface area contributed by atoms with Crippen LogP contribution in [0.25, 0.3) is 0 Å². The zero-order chi connectivity index (χ0) is 21.5. The number of likely N-dealkylation sites (tertiary alicyclic amines) is 1. The molecule has 1 saturated heterocycles. The van der Waals surface area contributed by atoms with Crippen molar-refractivity contribution in [3.63, 3.8) is 0 Å². The summed E-state index contributed by atoms with van der Waals surface area (Å²) in [5.41, 5.74) is 1.06. The van der Waals surface area contributed by atoms with Crippen LogP contribution >= 0.6 is 11.9 Å². The highest BCUT2D eigenvalue weighted by atomic mass is 32.2. The minimum Gasteiger partial charge on any atom is -0.494 e. The summed E-state index contributed by atoms with van der Waals surface area (Å²) in [6.07, 6.45) is 1.02. The van der Waals surface area contributed by atoms with Gasteiger partial charge in [-0.2, -0.15) is 0 Å². The summed E-state index contributed by atoms with van der Waals surface area (Å²) in [4.78, 5) is 17.6. The lowest BCUT2D eigenvalue weighted by Gasteiger charge is -2.21. The molecule has 1 fully saturated rings. The van der Waals surface area contributed by atoms with E-state index in [0.717, 1.165) is 35.8 Å². The van der Waals surface area contributed by atoms with Crippen molar-refractivity contribution in [2.45, 2.75) is 24.3 Å². The number of anilines is 1. The van der Waals surface area contributed by atoms with Crippen molar-refractivity contribution in [3.05, 3.63) is 48.5 Å². The lowest BCUT2D eigenvalue weighted by molar-refractivity contribution is -0.132. The summed E-state index contributed by atoms with van der Waals surface area (Å²) in [5.74, 6) is 1.63. The van der Waals surface area contributed by atoms with Gasteiger partial charge in [-0.05, 0) is 87.9 Å². The number of rotatable bonds is 9. The zero-order valence-electron chi connectivity index (χ0n) is 18.2. The van der Waals surface area contributed by atoms with E-state index in [1.54, 1.807) is 11.9 Å². The Hall–Kier alpha value is -2.38. The molecule has 162 valence electrons.